The molecule has 1 heterocycles. The minimum atomic E-state index is -0.737. The fourth-order valence-corrected chi connectivity index (χ4v) is 1.53. The van der Waals surface area contributed by atoms with Crippen molar-refractivity contribution in [1.82, 2.24) is 4.90 Å². The van der Waals surface area contributed by atoms with E-state index < -0.39 is 5.54 Å². The van der Waals surface area contributed by atoms with Crippen LogP contribution in [0.1, 0.15) is 12.8 Å². The van der Waals surface area contributed by atoms with Crippen molar-refractivity contribution >= 4 is 11.9 Å². The second kappa shape index (κ2) is 3.33. The standard InChI is InChI=1S/C8H14N2O3/c1-10-5-8(9,3-6(10)11)4-7(12)13-2/h3-5,9H2,1-2H3. The summed E-state index contributed by atoms with van der Waals surface area (Å²) in [7, 11) is 2.99. The number of rotatable bonds is 2. The number of carbonyl (C=O) groups is 2. The monoisotopic (exact) mass is 186 g/mol. The highest BCUT2D eigenvalue weighted by Crippen LogP contribution is 2.22. The van der Waals surface area contributed by atoms with Gasteiger partial charge in [-0.15, -0.1) is 0 Å². The Morgan fingerprint density at radius 2 is 2.38 bits per heavy atom. The molecule has 0 aromatic rings. The minimum absolute atomic E-state index is 0.0218. The van der Waals surface area contributed by atoms with E-state index in [1.165, 1.54) is 12.0 Å². The minimum Gasteiger partial charge on any atom is -0.469 e. The second-order valence-corrected chi connectivity index (χ2v) is 3.54. The van der Waals surface area contributed by atoms with Gasteiger partial charge in [-0.05, 0) is 0 Å². The van der Waals surface area contributed by atoms with Gasteiger partial charge >= 0.3 is 5.97 Å². The number of amides is 1. The van der Waals surface area contributed by atoms with E-state index in [0.29, 0.717) is 6.54 Å². The maximum absolute atomic E-state index is 11.2. The highest BCUT2D eigenvalue weighted by molar-refractivity contribution is 5.82. The summed E-state index contributed by atoms with van der Waals surface area (Å²) < 4.78 is 4.50. The van der Waals surface area contributed by atoms with Gasteiger partial charge in [0.15, 0.2) is 0 Å². The van der Waals surface area contributed by atoms with Crippen LogP contribution in [0.25, 0.3) is 0 Å². The summed E-state index contributed by atoms with van der Waals surface area (Å²) in [6.07, 6.45) is 0.318. The Morgan fingerprint density at radius 3 is 2.77 bits per heavy atom. The lowest BCUT2D eigenvalue weighted by atomic mass is 9.96. The summed E-state index contributed by atoms with van der Waals surface area (Å²) in [5, 5.41) is 0. The molecule has 0 aromatic heterocycles. The molecule has 0 spiro atoms. The van der Waals surface area contributed by atoms with Crippen LogP contribution < -0.4 is 5.73 Å². The van der Waals surface area contributed by atoms with Gasteiger partial charge in [-0.2, -0.15) is 0 Å². The molecule has 74 valence electrons. The van der Waals surface area contributed by atoms with Gasteiger partial charge in [-0.1, -0.05) is 0 Å². The number of esters is 1. The van der Waals surface area contributed by atoms with Crippen molar-refractivity contribution < 1.29 is 14.3 Å². The number of likely N-dealkylation sites (N-methyl/N-ethyl adjacent to an activating group) is 1. The molecular weight excluding hydrogens is 172 g/mol. The van der Waals surface area contributed by atoms with E-state index in [4.69, 9.17) is 5.73 Å². The Bertz CT molecular complexity index is 242. The summed E-state index contributed by atoms with van der Waals surface area (Å²) in [6, 6.07) is 0. The summed E-state index contributed by atoms with van der Waals surface area (Å²) in [4.78, 5) is 23.6. The molecule has 0 bridgehead atoms. The smallest absolute Gasteiger partial charge is 0.307 e. The Kier molecular flexibility index (Phi) is 2.56. The molecule has 1 amide bonds. The molecule has 1 aliphatic rings. The van der Waals surface area contributed by atoms with Crippen molar-refractivity contribution in [2.75, 3.05) is 20.7 Å². The van der Waals surface area contributed by atoms with E-state index in [1.54, 1.807) is 7.05 Å². The van der Waals surface area contributed by atoms with Gasteiger partial charge in [0.25, 0.3) is 0 Å². The summed E-state index contributed by atoms with van der Waals surface area (Å²) in [6.45, 7) is 0.418. The van der Waals surface area contributed by atoms with Crippen LogP contribution >= 0.6 is 0 Å². The van der Waals surface area contributed by atoms with Crippen LogP contribution in [-0.2, 0) is 14.3 Å². The zero-order valence-corrected chi connectivity index (χ0v) is 7.87. The molecule has 1 unspecified atom stereocenters. The molecule has 13 heavy (non-hydrogen) atoms. The van der Waals surface area contributed by atoms with Crippen molar-refractivity contribution in [3.8, 4) is 0 Å². The predicted octanol–water partition coefficient (Wildman–Crippen LogP) is -0.891. The third-order valence-corrected chi connectivity index (χ3v) is 2.21. The van der Waals surface area contributed by atoms with Crippen LogP contribution in [0.3, 0.4) is 0 Å². The first-order valence-corrected chi connectivity index (χ1v) is 4.06. The van der Waals surface area contributed by atoms with E-state index in [9.17, 15) is 9.59 Å². The van der Waals surface area contributed by atoms with Gasteiger partial charge < -0.3 is 15.4 Å². The second-order valence-electron chi connectivity index (χ2n) is 3.54. The quantitative estimate of drug-likeness (QED) is 0.568. The van der Waals surface area contributed by atoms with Crippen LogP contribution in [0.2, 0.25) is 0 Å². The fraction of sp³-hybridized carbons (Fsp3) is 0.750. The number of nitrogens with two attached hydrogens (primary N) is 1. The van der Waals surface area contributed by atoms with Crippen LogP contribution in [0.4, 0.5) is 0 Å². The summed E-state index contributed by atoms with van der Waals surface area (Å²) in [5.41, 5.74) is 5.12. The topological polar surface area (TPSA) is 72.6 Å². The van der Waals surface area contributed by atoms with Crippen LogP contribution in [0.15, 0.2) is 0 Å². The third kappa shape index (κ3) is 2.18. The Morgan fingerprint density at radius 1 is 1.77 bits per heavy atom. The predicted molar refractivity (Wildman–Crippen MR) is 45.8 cm³/mol. The van der Waals surface area contributed by atoms with Crippen LogP contribution in [0, 0.1) is 0 Å². The third-order valence-electron chi connectivity index (χ3n) is 2.21. The Labute approximate surface area is 76.8 Å². The van der Waals surface area contributed by atoms with Crippen molar-refractivity contribution in [2.24, 2.45) is 5.73 Å². The van der Waals surface area contributed by atoms with E-state index in [-0.39, 0.29) is 24.7 Å². The molecular formula is C8H14N2O3. The molecule has 0 aliphatic carbocycles. The highest BCUT2D eigenvalue weighted by atomic mass is 16.5. The van der Waals surface area contributed by atoms with Crippen molar-refractivity contribution in [1.29, 1.82) is 0 Å². The number of likely N-dealkylation sites (tertiary alicyclic amines) is 1. The molecule has 0 radical (unpaired) electrons. The number of hydrogen-bond acceptors (Lipinski definition) is 4. The molecule has 5 heteroatoms. The summed E-state index contributed by atoms with van der Waals surface area (Å²) >= 11 is 0. The van der Waals surface area contributed by atoms with Crippen molar-refractivity contribution in [3.05, 3.63) is 0 Å². The molecule has 0 aromatic carbocycles. The average Bonchev–Trinajstić information content (AvgIpc) is 2.25. The first kappa shape index (κ1) is 9.98. The maximum atomic E-state index is 11.2. The van der Waals surface area contributed by atoms with Gasteiger partial charge in [0.1, 0.15) is 0 Å². The van der Waals surface area contributed by atoms with E-state index >= 15 is 0 Å². The highest BCUT2D eigenvalue weighted by Gasteiger charge is 2.40. The molecule has 1 saturated heterocycles. The average molecular weight is 186 g/mol. The van der Waals surface area contributed by atoms with Crippen molar-refractivity contribution in [3.63, 3.8) is 0 Å². The lowest BCUT2D eigenvalue weighted by Gasteiger charge is -2.20. The van der Waals surface area contributed by atoms with E-state index in [2.05, 4.69) is 4.74 Å². The first-order chi connectivity index (χ1) is 5.97. The molecule has 1 aliphatic heterocycles. The largest absolute Gasteiger partial charge is 0.469 e. The van der Waals surface area contributed by atoms with Gasteiger partial charge in [-0.3, -0.25) is 9.59 Å². The molecule has 1 fully saturated rings. The van der Waals surface area contributed by atoms with Crippen molar-refractivity contribution in [2.45, 2.75) is 18.4 Å². The molecule has 0 saturated carbocycles. The zero-order valence-electron chi connectivity index (χ0n) is 7.87. The number of hydrogen-bond donors (Lipinski definition) is 1. The first-order valence-electron chi connectivity index (χ1n) is 4.06. The zero-order chi connectivity index (χ0) is 10.1. The van der Waals surface area contributed by atoms with Crippen LogP contribution in [0.5, 0.6) is 0 Å². The van der Waals surface area contributed by atoms with E-state index in [1.807, 2.05) is 0 Å². The molecule has 1 rings (SSSR count). The Hall–Kier alpha value is -1.10. The number of ether oxygens (including phenoxy) is 1. The lowest BCUT2D eigenvalue weighted by Crippen LogP contribution is -2.44. The molecule has 5 nitrogen and oxygen atoms in total. The SMILES string of the molecule is COC(=O)CC1(N)CC(=O)N(C)C1. The van der Waals surface area contributed by atoms with Gasteiger partial charge in [0.2, 0.25) is 5.91 Å². The molecule has 1 atom stereocenters. The van der Waals surface area contributed by atoms with Crippen LogP contribution in [-0.4, -0.2) is 43.0 Å². The Balaban J connectivity index is 2.59. The fourth-order valence-electron chi connectivity index (χ4n) is 1.53. The number of carbonyl (C=O) groups excluding carboxylic acids is 2. The van der Waals surface area contributed by atoms with Gasteiger partial charge in [-0.25, -0.2) is 0 Å². The maximum Gasteiger partial charge on any atom is 0.307 e. The summed E-state index contributed by atoms with van der Waals surface area (Å²) in [5.74, 6) is -0.392. The number of methoxy groups -OCH3 is 1. The number of nitrogens with zero attached hydrogens (tertiary/aromatic N) is 1. The lowest BCUT2D eigenvalue weighted by molar-refractivity contribution is -0.141. The van der Waals surface area contributed by atoms with Gasteiger partial charge in [0.05, 0.1) is 19.1 Å². The normalized spacial score (nSPS) is 27.9. The van der Waals surface area contributed by atoms with E-state index in [0.717, 1.165) is 0 Å². The van der Waals surface area contributed by atoms with Gasteiger partial charge in [0, 0.05) is 20.0 Å². The molecule has 2 N–H and O–H groups in total.